The van der Waals surface area contributed by atoms with Crippen LogP contribution in [0.5, 0.6) is 11.5 Å². The van der Waals surface area contributed by atoms with Crippen LogP contribution in [0.3, 0.4) is 0 Å². The number of thioether (sulfide) groups is 1. The SMILES string of the molecule is CCOc1ccc(-n2c(SC(C)c3nc(C)no3)nnc2-c2cccc(OC)c2)cc1. The molecule has 0 amide bonds. The van der Waals surface area contributed by atoms with Gasteiger partial charge in [-0.25, -0.2) is 0 Å². The Labute approximate surface area is 184 Å². The van der Waals surface area contributed by atoms with Crippen molar-refractivity contribution in [1.29, 1.82) is 0 Å². The molecule has 0 aliphatic heterocycles. The van der Waals surface area contributed by atoms with Crippen molar-refractivity contribution in [2.45, 2.75) is 31.2 Å². The number of nitrogens with zero attached hydrogens (tertiary/aromatic N) is 5. The number of rotatable bonds is 8. The van der Waals surface area contributed by atoms with Crippen LogP contribution < -0.4 is 9.47 Å². The molecule has 160 valence electrons. The second-order valence-electron chi connectivity index (χ2n) is 6.74. The molecule has 31 heavy (non-hydrogen) atoms. The Morgan fingerprint density at radius 1 is 1.10 bits per heavy atom. The summed E-state index contributed by atoms with van der Waals surface area (Å²) in [6.07, 6.45) is 0. The van der Waals surface area contributed by atoms with Crippen molar-refractivity contribution in [3.8, 4) is 28.6 Å². The van der Waals surface area contributed by atoms with Crippen molar-refractivity contribution in [2.75, 3.05) is 13.7 Å². The molecule has 2 aromatic carbocycles. The normalized spacial score (nSPS) is 12.0. The number of ether oxygens (including phenoxy) is 2. The lowest BCUT2D eigenvalue weighted by Crippen LogP contribution is -2.01. The van der Waals surface area contributed by atoms with Crippen LogP contribution in [0.2, 0.25) is 0 Å². The minimum Gasteiger partial charge on any atom is -0.497 e. The maximum Gasteiger partial charge on any atom is 0.239 e. The molecule has 0 fully saturated rings. The van der Waals surface area contributed by atoms with Gasteiger partial charge in [-0.15, -0.1) is 10.2 Å². The second kappa shape index (κ2) is 9.22. The van der Waals surface area contributed by atoms with Gasteiger partial charge in [0.15, 0.2) is 16.8 Å². The van der Waals surface area contributed by atoms with E-state index in [1.165, 1.54) is 11.8 Å². The van der Waals surface area contributed by atoms with Gasteiger partial charge in [0, 0.05) is 11.3 Å². The molecule has 0 radical (unpaired) electrons. The zero-order valence-corrected chi connectivity index (χ0v) is 18.6. The Kier molecular flexibility index (Phi) is 6.22. The summed E-state index contributed by atoms with van der Waals surface area (Å²) in [4.78, 5) is 4.34. The molecule has 4 aromatic rings. The van der Waals surface area contributed by atoms with Crippen LogP contribution in [0.4, 0.5) is 0 Å². The summed E-state index contributed by atoms with van der Waals surface area (Å²) in [6, 6.07) is 15.6. The monoisotopic (exact) mass is 437 g/mol. The van der Waals surface area contributed by atoms with E-state index in [9.17, 15) is 0 Å². The van der Waals surface area contributed by atoms with Crippen LogP contribution in [0, 0.1) is 6.92 Å². The third-order valence-corrected chi connectivity index (χ3v) is 5.57. The Balaban J connectivity index is 1.76. The molecule has 1 unspecified atom stereocenters. The van der Waals surface area contributed by atoms with Gasteiger partial charge < -0.3 is 14.0 Å². The molecule has 4 rings (SSSR count). The summed E-state index contributed by atoms with van der Waals surface area (Å²) in [7, 11) is 1.64. The molecule has 0 spiro atoms. The minimum atomic E-state index is -0.0926. The topological polar surface area (TPSA) is 88.1 Å². The minimum absolute atomic E-state index is 0.0926. The number of aryl methyl sites for hydroxylation is 1. The summed E-state index contributed by atoms with van der Waals surface area (Å²) in [5, 5.41) is 13.5. The first-order chi connectivity index (χ1) is 15.1. The van der Waals surface area contributed by atoms with Gasteiger partial charge in [0.25, 0.3) is 0 Å². The van der Waals surface area contributed by atoms with Gasteiger partial charge >= 0.3 is 0 Å². The maximum absolute atomic E-state index is 5.59. The highest BCUT2D eigenvalue weighted by Gasteiger charge is 2.22. The number of benzene rings is 2. The molecule has 0 saturated carbocycles. The van der Waals surface area contributed by atoms with Gasteiger partial charge in [-0.05, 0) is 57.2 Å². The largest absolute Gasteiger partial charge is 0.497 e. The van der Waals surface area contributed by atoms with Crippen molar-refractivity contribution in [1.82, 2.24) is 24.9 Å². The number of aromatic nitrogens is 5. The highest BCUT2D eigenvalue weighted by Crippen LogP contribution is 2.37. The third-order valence-electron chi connectivity index (χ3n) is 4.54. The van der Waals surface area contributed by atoms with Crippen molar-refractivity contribution in [3.05, 3.63) is 60.2 Å². The van der Waals surface area contributed by atoms with Crippen LogP contribution >= 0.6 is 11.8 Å². The molecule has 0 saturated heterocycles. The number of hydrogen-bond donors (Lipinski definition) is 0. The zero-order valence-electron chi connectivity index (χ0n) is 17.8. The van der Waals surface area contributed by atoms with Gasteiger partial charge in [-0.1, -0.05) is 29.1 Å². The first-order valence-electron chi connectivity index (χ1n) is 9.89. The predicted molar refractivity (Wildman–Crippen MR) is 118 cm³/mol. The molecule has 2 aromatic heterocycles. The molecule has 2 heterocycles. The fraction of sp³-hybridized carbons (Fsp3) is 0.273. The Morgan fingerprint density at radius 2 is 1.90 bits per heavy atom. The lowest BCUT2D eigenvalue weighted by Gasteiger charge is -2.13. The Bertz CT molecular complexity index is 1160. The van der Waals surface area contributed by atoms with Gasteiger partial charge in [-0.2, -0.15) is 4.98 Å². The average Bonchev–Trinajstić information content (AvgIpc) is 3.41. The van der Waals surface area contributed by atoms with Crippen LogP contribution in [0.15, 0.2) is 58.2 Å². The predicted octanol–water partition coefficient (Wildman–Crippen LogP) is 4.89. The molecule has 8 nitrogen and oxygen atoms in total. The molecule has 0 N–H and O–H groups in total. The third kappa shape index (κ3) is 4.56. The average molecular weight is 438 g/mol. The number of methoxy groups -OCH3 is 1. The molecule has 9 heteroatoms. The van der Waals surface area contributed by atoms with E-state index in [4.69, 9.17) is 14.0 Å². The molecular weight excluding hydrogens is 414 g/mol. The standard InChI is InChI=1S/C22H23N5O3S/c1-5-29-18-11-9-17(10-12-18)27-20(16-7-6-8-19(13-16)28-4)24-25-22(27)31-14(2)21-23-15(3)26-30-21/h6-14H,5H2,1-4H3. The molecule has 1 atom stereocenters. The fourth-order valence-electron chi connectivity index (χ4n) is 3.07. The van der Waals surface area contributed by atoms with Gasteiger partial charge in [-0.3, -0.25) is 4.57 Å². The van der Waals surface area contributed by atoms with Crippen molar-refractivity contribution < 1.29 is 14.0 Å². The fourth-order valence-corrected chi connectivity index (χ4v) is 3.97. The smallest absolute Gasteiger partial charge is 0.239 e. The van der Waals surface area contributed by atoms with Gasteiger partial charge in [0.2, 0.25) is 5.89 Å². The first-order valence-corrected chi connectivity index (χ1v) is 10.8. The lowest BCUT2D eigenvalue weighted by atomic mass is 10.2. The van der Waals surface area contributed by atoms with E-state index >= 15 is 0 Å². The van der Waals surface area contributed by atoms with E-state index in [0.29, 0.717) is 29.3 Å². The maximum atomic E-state index is 5.59. The van der Waals surface area contributed by atoms with Crippen molar-refractivity contribution in [3.63, 3.8) is 0 Å². The van der Waals surface area contributed by atoms with Gasteiger partial charge in [0.05, 0.1) is 19.0 Å². The molecule has 0 aliphatic carbocycles. The molecule has 0 bridgehead atoms. The van der Waals surface area contributed by atoms with Crippen LogP contribution in [-0.4, -0.2) is 38.6 Å². The van der Waals surface area contributed by atoms with Crippen LogP contribution in [-0.2, 0) is 0 Å². The Morgan fingerprint density at radius 3 is 2.58 bits per heavy atom. The molecular formula is C22H23N5O3S. The van der Waals surface area contributed by atoms with Crippen LogP contribution in [0.1, 0.15) is 30.8 Å². The summed E-state index contributed by atoms with van der Waals surface area (Å²) in [6.45, 7) is 6.38. The highest BCUT2D eigenvalue weighted by molar-refractivity contribution is 7.99. The summed E-state index contributed by atoms with van der Waals surface area (Å²) in [5.41, 5.74) is 1.82. The van der Waals surface area contributed by atoms with Crippen LogP contribution in [0.25, 0.3) is 17.1 Å². The van der Waals surface area contributed by atoms with E-state index in [1.807, 2.05) is 66.9 Å². The molecule has 0 aliphatic rings. The summed E-state index contributed by atoms with van der Waals surface area (Å²) in [5.74, 6) is 3.42. The van der Waals surface area contributed by atoms with E-state index in [0.717, 1.165) is 22.7 Å². The van der Waals surface area contributed by atoms with E-state index < -0.39 is 0 Å². The van der Waals surface area contributed by atoms with Crippen molar-refractivity contribution >= 4 is 11.8 Å². The van der Waals surface area contributed by atoms with Gasteiger partial charge in [0.1, 0.15) is 11.5 Å². The lowest BCUT2D eigenvalue weighted by molar-refractivity contribution is 0.340. The zero-order chi connectivity index (χ0) is 21.8. The van der Waals surface area contributed by atoms with E-state index in [1.54, 1.807) is 14.0 Å². The van der Waals surface area contributed by atoms with E-state index in [2.05, 4.69) is 20.3 Å². The Hall–Kier alpha value is -3.33. The highest BCUT2D eigenvalue weighted by atomic mass is 32.2. The number of hydrogen-bond acceptors (Lipinski definition) is 8. The first kappa shape index (κ1) is 20.9. The second-order valence-corrected chi connectivity index (χ2v) is 8.05. The van der Waals surface area contributed by atoms with Crippen molar-refractivity contribution in [2.24, 2.45) is 0 Å². The summed E-state index contributed by atoms with van der Waals surface area (Å²) >= 11 is 1.50. The summed E-state index contributed by atoms with van der Waals surface area (Å²) < 4.78 is 18.3. The quantitative estimate of drug-likeness (QED) is 0.360. The van der Waals surface area contributed by atoms with E-state index in [-0.39, 0.29) is 5.25 Å².